The lowest BCUT2D eigenvalue weighted by molar-refractivity contribution is 0.300. The van der Waals surface area contributed by atoms with Crippen LogP contribution in [0.5, 0.6) is 0 Å². The maximum atomic E-state index is 8.77. The minimum atomic E-state index is 0.175. The molecule has 0 saturated heterocycles. The minimum absolute atomic E-state index is 0.175. The van der Waals surface area contributed by atoms with Crippen molar-refractivity contribution < 1.29 is 5.11 Å². The molecule has 0 aromatic carbocycles. The van der Waals surface area contributed by atoms with E-state index in [0.717, 1.165) is 15.4 Å². The largest absolute Gasteiger partial charge is 0.396 e. The summed E-state index contributed by atoms with van der Waals surface area (Å²) < 4.78 is 0. The molecule has 2 rings (SSSR count). The molecule has 14 heavy (non-hydrogen) atoms. The molecule has 0 aliphatic carbocycles. The van der Waals surface area contributed by atoms with Crippen LogP contribution in [-0.2, 0) is 6.42 Å². The minimum Gasteiger partial charge on any atom is -0.396 e. The molecule has 2 aromatic rings. The second-order valence-corrected chi connectivity index (χ2v) is 3.96. The van der Waals surface area contributed by atoms with Crippen LogP contribution in [0.2, 0.25) is 0 Å². The summed E-state index contributed by atoms with van der Waals surface area (Å²) in [5.41, 5.74) is 1.03. The molecule has 0 unspecified atom stereocenters. The van der Waals surface area contributed by atoms with Crippen LogP contribution in [0.15, 0.2) is 30.7 Å². The first-order chi connectivity index (χ1) is 6.90. The number of hydrogen-bond acceptors (Lipinski definition) is 4. The quantitative estimate of drug-likeness (QED) is 0.832. The molecule has 0 saturated carbocycles. The average molecular weight is 206 g/mol. The van der Waals surface area contributed by atoms with Crippen LogP contribution in [0.4, 0.5) is 0 Å². The van der Waals surface area contributed by atoms with Gasteiger partial charge in [0.05, 0.1) is 0 Å². The predicted molar refractivity (Wildman–Crippen MR) is 56.1 cm³/mol. The Morgan fingerprint density at radius 3 is 3.00 bits per heavy atom. The topological polar surface area (TPSA) is 46.0 Å². The second-order valence-electron chi connectivity index (χ2n) is 2.85. The molecular weight excluding hydrogens is 196 g/mol. The fourth-order valence-electron chi connectivity index (χ4n) is 1.16. The number of aliphatic hydroxyl groups excluding tert-OH is 1. The van der Waals surface area contributed by atoms with Crippen LogP contribution in [0.3, 0.4) is 0 Å². The van der Waals surface area contributed by atoms with Crippen molar-refractivity contribution in [2.75, 3.05) is 6.61 Å². The van der Waals surface area contributed by atoms with Crippen LogP contribution < -0.4 is 0 Å². The molecule has 0 bridgehead atoms. The molecule has 0 radical (unpaired) electrons. The first-order valence-corrected chi connectivity index (χ1v) is 5.18. The molecule has 0 amide bonds. The van der Waals surface area contributed by atoms with Crippen molar-refractivity contribution in [1.29, 1.82) is 0 Å². The highest BCUT2D eigenvalue weighted by Crippen LogP contribution is 2.24. The summed E-state index contributed by atoms with van der Waals surface area (Å²) >= 11 is 1.60. The van der Waals surface area contributed by atoms with Gasteiger partial charge in [0.2, 0.25) is 0 Å². The van der Waals surface area contributed by atoms with Crippen molar-refractivity contribution in [3.63, 3.8) is 0 Å². The third kappa shape index (κ3) is 1.97. The van der Waals surface area contributed by atoms with Gasteiger partial charge < -0.3 is 5.11 Å². The number of rotatable bonds is 3. The Hall–Kier alpha value is -1.26. The standard InChI is InChI=1S/C10H10N2OS/c13-5-3-9-7-12-10(14-9)8-2-1-4-11-6-8/h1-2,4,6-7,13H,3,5H2. The van der Waals surface area contributed by atoms with Crippen molar-refractivity contribution in [2.24, 2.45) is 0 Å². The van der Waals surface area contributed by atoms with Gasteiger partial charge in [-0.3, -0.25) is 4.98 Å². The Morgan fingerprint density at radius 2 is 2.29 bits per heavy atom. The normalized spacial score (nSPS) is 10.4. The van der Waals surface area contributed by atoms with E-state index in [1.54, 1.807) is 23.7 Å². The maximum Gasteiger partial charge on any atom is 0.125 e. The monoisotopic (exact) mass is 206 g/mol. The summed E-state index contributed by atoms with van der Waals surface area (Å²) in [6.07, 6.45) is 6.02. The number of thiazole rings is 1. The van der Waals surface area contributed by atoms with Crippen LogP contribution in [-0.4, -0.2) is 21.7 Å². The van der Waals surface area contributed by atoms with E-state index in [0.29, 0.717) is 6.42 Å². The summed E-state index contributed by atoms with van der Waals surface area (Å²) in [6, 6.07) is 3.87. The summed E-state index contributed by atoms with van der Waals surface area (Å²) in [4.78, 5) is 9.41. The van der Waals surface area contributed by atoms with Gasteiger partial charge in [-0.2, -0.15) is 0 Å². The molecule has 2 heterocycles. The van der Waals surface area contributed by atoms with Gasteiger partial charge in [-0.15, -0.1) is 11.3 Å². The molecule has 4 heteroatoms. The lowest BCUT2D eigenvalue weighted by Gasteiger charge is -1.92. The van der Waals surface area contributed by atoms with E-state index in [1.807, 2.05) is 18.3 Å². The van der Waals surface area contributed by atoms with Gasteiger partial charge in [0.25, 0.3) is 0 Å². The van der Waals surface area contributed by atoms with E-state index in [4.69, 9.17) is 5.11 Å². The molecule has 0 fully saturated rings. The number of nitrogens with zero attached hydrogens (tertiary/aromatic N) is 2. The van der Waals surface area contributed by atoms with Crippen LogP contribution in [0.25, 0.3) is 10.6 Å². The van der Waals surface area contributed by atoms with Gasteiger partial charge in [0.1, 0.15) is 5.01 Å². The Morgan fingerprint density at radius 1 is 1.36 bits per heavy atom. The molecule has 1 N–H and O–H groups in total. The summed E-state index contributed by atoms with van der Waals surface area (Å²) in [5, 5.41) is 9.73. The van der Waals surface area contributed by atoms with Crippen molar-refractivity contribution in [2.45, 2.75) is 6.42 Å². The van der Waals surface area contributed by atoms with E-state index in [2.05, 4.69) is 9.97 Å². The highest BCUT2D eigenvalue weighted by molar-refractivity contribution is 7.15. The molecular formula is C10H10N2OS. The SMILES string of the molecule is OCCc1cnc(-c2cccnc2)s1. The van der Waals surface area contributed by atoms with Gasteiger partial charge in [-0.1, -0.05) is 0 Å². The predicted octanol–water partition coefficient (Wildman–Crippen LogP) is 1.74. The Balaban J connectivity index is 2.25. The van der Waals surface area contributed by atoms with Gasteiger partial charge in [0, 0.05) is 42.1 Å². The second kappa shape index (κ2) is 4.30. The van der Waals surface area contributed by atoms with Crippen molar-refractivity contribution >= 4 is 11.3 Å². The molecule has 72 valence electrons. The maximum absolute atomic E-state index is 8.77. The summed E-state index contributed by atoms with van der Waals surface area (Å²) in [7, 11) is 0. The molecule has 0 aliphatic rings. The number of aliphatic hydroxyl groups is 1. The zero-order valence-corrected chi connectivity index (χ0v) is 8.37. The van der Waals surface area contributed by atoms with Gasteiger partial charge in [-0.25, -0.2) is 4.98 Å². The Bertz CT molecular complexity index is 400. The number of pyridine rings is 1. The lowest BCUT2D eigenvalue weighted by atomic mass is 10.3. The highest BCUT2D eigenvalue weighted by Gasteiger charge is 2.03. The zero-order valence-electron chi connectivity index (χ0n) is 7.55. The van der Waals surface area contributed by atoms with Crippen molar-refractivity contribution in [3.05, 3.63) is 35.6 Å². The number of aromatic nitrogens is 2. The van der Waals surface area contributed by atoms with E-state index in [9.17, 15) is 0 Å². The van der Waals surface area contributed by atoms with E-state index >= 15 is 0 Å². The molecule has 0 atom stereocenters. The third-order valence-corrected chi connectivity index (χ3v) is 2.93. The summed E-state index contributed by atoms with van der Waals surface area (Å²) in [6.45, 7) is 0.175. The third-order valence-electron chi connectivity index (χ3n) is 1.82. The van der Waals surface area contributed by atoms with Gasteiger partial charge in [-0.05, 0) is 12.1 Å². The fraction of sp³-hybridized carbons (Fsp3) is 0.200. The highest BCUT2D eigenvalue weighted by atomic mass is 32.1. The van der Waals surface area contributed by atoms with E-state index in [1.165, 1.54) is 0 Å². The van der Waals surface area contributed by atoms with Gasteiger partial charge >= 0.3 is 0 Å². The molecule has 0 aliphatic heterocycles. The van der Waals surface area contributed by atoms with Crippen molar-refractivity contribution in [3.8, 4) is 10.6 Å². The Kier molecular flexibility index (Phi) is 2.86. The van der Waals surface area contributed by atoms with E-state index in [-0.39, 0.29) is 6.61 Å². The zero-order chi connectivity index (χ0) is 9.80. The van der Waals surface area contributed by atoms with Gasteiger partial charge in [0.15, 0.2) is 0 Å². The molecule has 3 nitrogen and oxygen atoms in total. The summed E-state index contributed by atoms with van der Waals surface area (Å²) in [5.74, 6) is 0. The Labute approximate surface area is 86.1 Å². The first-order valence-electron chi connectivity index (χ1n) is 4.36. The fourth-order valence-corrected chi connectivity index (χ4v) is 2.05. The van der Waals surface area contributed by atoms with Crippen LogP contribution >= 0.6 is 11.3 Å². The average Bonchev–Trinajstić information content (AvgIpc) is 2.68. The molecule has 0 spiro atoms. The lowest BCUT2D eigenvalue weighted by Crippen LogP contribution is -1.84. The first kappa shape index (κ1) is 9.30. The van der Waals surface area contributed by atoms with Crippen LogP contribution in [0, 0.1) is 0 Å². The smallest absolute Gasteiger partial charge is 0.125 e. The van der Waals surface area contributed by atoms with Crippen molar-refractivity contribution in [1.82, 2.24) is 9.97 Å². The van der Waals surface area contributed by atoms with Crippen LogP contribution in [0.1, 0.15) is 4.88 Å². The molecule has 2 aromatic heterocycles. The van der Waals surface area contributed by atoms with E-state index < -0.39 is 0 Å². The number of hydrogen-bond donors (Lipinski definition) is 1.